The zero-order valence-corrected chi connectivity index (χ0v) is 17.5. The van der Waals surface area contributed by atoms with Gasteiger partial charge in [0, 0.05) is 23.9 Å². The Balaban J connectivity index is 1.34. The van der Waals surface area contributed by atoms with Crippen LogP contribution >= 0.6 is 0 Å². The Bertz CT molecular complexity index is 1210. The summed E-state index contributed by atoms with van der Waals surface area (Å²) in [6, 6.07) is 13.8. The summed E-state index contributed by atoms with van der Waals surface area (Å²) in [6.07, 6.45) is 6.34. The molecule has 0 saturated heterocycles. The molecule has 3 unspecified atom stereocenters. The summed E-state index contributed by atoms with van der Waals surface area (Å²) in [6.45, 7) is 0.411. The van der Waals surface area contributed by atoms with Crippen LogP contribution in [0, 0.1) is 5.92 Å². The maximum Gasteiger partial charge on any atom is 0.231 e. The van der Waals surface area contributed by atoms with Crippen molar-refractivity contribution in [3.63, 3.8) is 0 Å². The van der Waals surface area contributed by atoms with E-state index in [-0.39, 0.29) is 6.04 Å². The summed E-state index contributed by atoms with van der Waals surface area (Å²) in [4.78, 5) is 8.80. The zero-order chi connectivity index (χ0) is 21.2. The summed E-state index contributed by atoms with van der Waals surface area (Å²) in [5.74, 6) is 2.33. The summed E-state index contributed by atoms with van der Waals surface area (Å²) >= 11 is -1.71. The number of rotatable bonds is 7. The van der Waals surface area contributed by atoms with E-state index in [4.69, 9.17) is 13.7 Å². The summed E-state index contributed by atoms with van der Waals surface area (Å²) < 4.78 is 23.7. The second-order valence-corrected chi connectivity index (χ2v) is 8.35. The fourth-order valence-corrected chi connectivity index (χ4v) is 4.29. The van der Waals surface area contributed by atoms with E-state index in [1.54, 1.807) is 16.9 Å². The van der Waals surface area contributed by atoms with Gasteiger partial charge < -0.3 is 9.73 Å². The van der Waals surface area contributed by atoms with Crippen LogP contribution in [0.5, 0.6) is 0 Å². The van der Waals surface area contributed by atoms with Gasteiger partial charge in [0.2, 0.25) is 17.2 Å². The molecule has 31 heavy (non-hydrogen) atoms. The van der Waals surface area contributed by atoms with Crippen molar-refractivity contribution < 1.29 is 12.8 Å². The third-order valence-corrected chi connectivity index (χ3v) is 5.82. The number of benzene rings is 1. The second kappa shape index (κ2) is 8.58. The van der Waals surface area contributed by atoms with Crippen molar-refractivity contribution in [3.05, 3.63) is 54.9 Å². The molecular weight excluding hydrogens is 416 g/mol. The summed E-state index contributed by atoms with van der Waals surface area (Å²) in [7, 11) is 0. The standard InChI is InChI=1S/C21H22N6O3S/c22-31(28)29-13-14-6-7-16(10-14)25-19-8-9-23-20-11-17(26-27(19)20)18-12-24-21(30-18)15-4-2-1-3-5-15/h1-5,8-9,11-12,14,16,25H,6-7,10,13,22H2. The molecule has 1 aliphatic rings. The Hall–Kier alpha value is -3.08. The largest absolute Gasteiger partial charge is 0.434 e. The molecule has 1 aliphatic carbocycles. The Morgan fingerprint density at radius 3 is 2.94 bits per heavy atom. The van der Waals surface area contributed by atoms with E-state index in [2.05, 4.69) is 20.4 Å². The SMILES string of the molecule is NS(=O)OCC1CCC(Nc2ccnc3cc(-c4cnc(-c5ccccc5)o4)nn23)C1. The van der Waals surface area contributed by atoms with Crippen molar-refractivity contribution >= 4 is 22.7 Å². The average molecular weight is 439 g/mol. The minimum absolute atomic E-state index is 0.271. The fourth-order valence-electron chi connectivity index (χ4n) is 3.96. The minimum Gasteiger partial charge on any atom is -0.434 e. The van der Waals surface area contributed by atoms with Crippen LogP contribution in [-0.4, -0.2) is 36.4 Å². The molecule has 1 saturated carbocycles. The van der Waals surface area contributed by atoms with E-state index in [1.165, 1.54) is 0 Å². The molecule has 9 nitrogen and oxygen atoms in total. The van der Waals surface area contributed by atoms with E-state index in [9.17, 15) is 4.21 Å². The molecule has 3 N–H and O–H groups in total. The molecule has 1 aromatic carbocycles. The highest BCUT2D eigenvalue weighted by Crippen LogP contribution is 2.30. The molecule has 3 heterocycles. The smallest absolute Gasteiger partial charge is 0.231 e. The number of aromatic nitrogens is 4. The summed E-state index contributed by atoms with van der Waals surface area (Å²) in [5, 5.41) is 13.4. The highest BCUT2D eigenvalue weighted by atomic mass is 32.2. The Morgan fingerprint density at radius 2 is 2.10 bits per heavy atom. The molecule has 10 heteroatoms. The molecule has 4 aromatic rings. The quantitative estimate of drug-likeness (QED) is 0.454. The predicted molar refractivity (Wildman–Crippen MR) is 117 cm³/mol. The Morgan fingerprint density at radius 1 is 1.23 bits per heavy atom. The Kier molecular flexibility index (Phi) is 5.49. The van der Waals surface area contributed by atoms with Gasteiger partial charge in [-0.15, -0.1) is 0 Å². The lowest BCUT2D eigenvalue weighted by atomic mass is 10.1. The van der Waals surface area contributed by atoms with Gasteiger partial charge in [0.15, 0.2) is 11.4 Å². The molecular formula is C21H22N6O3S. The van der Waals surface area contributed by atoms with Gasteiger partial charge >= 0.3 is 0 Å². The van der Waals surface area contributed by atoms with Crippen LogP contribution in [0.2, 0.25) is 0 Å². The zero-order valence-electron chi connectivity index (χ0n) is 16.7. The molecule has 0 aliphatic heterocycles. The lowest BCUT2D eigenvalue weighted by molar-refractivity contribution is 0.274. The van der Waals surface area contributed by atoms with Crippen molar-refractivity contribution in [2.45, 2.75) is 25.3 Å². The van der Waals surface area contributed by atoms with E-state index in [1.807, 2.05) is 42.5 Å². The van der Waals surface area contributed by atoms with E-state index in [0.717, 1.165) is 30.6 Å². The lowest BCUT2D eigenvalue weighted by Crippen LogP contribution is -2.19. The molecule has 1 fully saturated rings. The van der Waals surface area contributed by atoms with Crippen LogP contribution in [0.1, 0.15) is 19.3 Å². The van der Waals surface area contributed by atoms with Crippen molar-refractivity contribution in [2.24, 2.45) is 11.1 Å². The third-order valence-electron chi connectivity index (χ3n) is 5.45. The number of anilines is 1. The highest BCUT2D eigenvalue weighted by Gasteiger charge is 2.26. The van der Waals surface area contributed by atoms with Crippen LogP contribution in [-0.2, 0) is 15.4 Å². The Labute approximate surface area is 181 Å². The first kappa shape index (κ1) is 19.9. The number of hydrogen-bond donors (Lipinski definition) is 2. The first-order chi connectivity index (χ1) is 15.2. The number of nitrogens with two attached hydrogens (primary N) is 1. The van der Waals surface area contributed by atoms with Crippen LogP contribution < -0.4 is 10.5 Å². The molecule has 0 spiro atoms. The van der Waals surface area contributed by atoms with Crippen molar-refractivity contribution in [1.82, 2.24) is 19.6 Å². The van der Waals surface area contributed by atoms with Crippen LogP contribution in [0.25, 0.3) is 28.6 Å². The van der Waals surface area contributed by atoms with E-state index >= 15 is 0 Å². The lowest BCUT2D eigenvalue weighted by Gasteiger charge is -2.15. The van der Waals surface area contributed by atoms with Crippen LogP contribution in [0.4, 0.5) is 5.82 Å². The van der Waals surface area contributed by atoms with Gasteiger partial charge in [-0.3, -0.25) is 4.18 Å². The van der Waals surface area contributed by atoms with Gasteiger partial charge in [0.05, 0.1) is 12.8 Å². The van der Waals surface area contributed by atoms with Gasteiger partial charge in [-0.2, -0.15) is 9.61 Å². The first-order valence-electron chi connectivity index (χ1n) is 10.1. The van der Waals surface area contributed by atoms with Crippen LogP contribution in [0.3, 0.4) is 0 Å². The predicted octanol–water partition coefficient (Wildman–Crippen LogP) is 3.19. The number of hydrogen-bond acceptors (Lipinski definition) is 7. The summed E-state index contributed by atoms with van der Waals surface area (Å²) in [5.41, 5.74) is 2.30. The van der Waals surface area contributed by atoms with Gasteiger partial charge in [-0.05, 0) is 43.4 Å². The van der Waals surface area contributed by atoms with E-state index in [0.29, 0.717) is 35.5 Å². The maximum absolute atomic E-state index is 10.9. The molecule has 0 amide bonds. The molecule has 160 valence electrons. The van der Waals surface area contributed by atoms with Crippen molar-refractivity contribution in [3.8, 4) is 22.9 Å². The molecule has 3 aromatic heterocycles. The number of oxazole rings is 1. The molecule has 3 atom stereocenters. The van der Waals surface area contributed by atoms with Crippen molar-refractivity contribution in [2.75, 3.05) is 11.9 Å². The average Bonchev–Trinajstić information content (AvgIpc) is 3.52. The molecule has 5 rings (SSSR count). The van der Waals surface area contributed by atoms with Crippen molar-refractivity contribution in [1.29, 1.82) is 0 Å². The topological polar surface area (TPSA) is 121 Å². The first-order valence-corrected chi connectivity index (χ1v) is 11.2. The van der Waals surface area contributed by atoms with E-state index < -0.39 is 11.3 Å². The normalized spacial score (nSPS) is 19.6. The monoisotopic (exact) mass is 438 g/mol. The second-order valence-electron chi connectivity index (χ2n) is 7.59. The van der Waals surface area contributed by atoms with Gasteiger partial charge in [-0.1, -0.05) is 18.2 Å². The van der Waals surface area contributed by atoms with Crippen LogP contribution in [0.15, 0.2) is 59.3 Å². The number of nitrogens with one attached hydrogen (secondary N) is 1. The molecule has 0 radical (unpaired) electrons. The van der Waals surface area contributed by atoms with Gasteiger partial charge in [-0.25, -0.2) is 19.3 Å². The van der Waals surface area contributed by atoms with Gasteiger partial charge in [0.25, 0.3) is 0 Å². The number of nitrogens with zero attached hydrogens (tertiary/aromatic N) is 4. The number of fused-ring (bicyclic) bond motifs is 1. The minimum atomic E-state index is -1.71. The van der Waals surface area contributed by atoms with Gasteiger partial charge in [0.1, 0.15) is 11.5 Å². The maximum atomic E-state index is 10.9. The third kappa shape index (κ3) is 4.36. The fraction of sp³-hybridized carbons (Fsp3) is 0.286. The highest BCUT2D eigenvalue weighted by molar-refractivity contribution is 7.77. The molecule has 0 bridgehead atoms.